The van der Waals surface area contributed by atoms with Crippen LogP contribution < -0.4 is 5.32 Å². The van der Waals surface area contributed by atoms with Crippen LogP contribution in [-0.2, 0) is 4.74 Å². The maximum Gasteiger partial charge on any atom is 0.321 e. The fraction of sp³-hybridized carbons (Fsp3) is 0.556. The first-order valence-electron chi connectivity index (χ1n) is 8.62. The Morgan fingerprint density at radius 3 is 2.75 bits per heavy atom. The molecular formula is C18H25N3O3. The molecule has 0 bridgehead atoms. The van der Waals surface area contributed by atoms with Gasteiger partial charge in [0.1, 0.15) is 0 Å². The lowest BCUT2D eigenvalue weighted by Gasteiger charge is -2.40. The molecule has 0 saturated carbocycles. The Morgan fingerprint density at radius 1 is 1.21 bits per heavy atom. The molecule has 1 aromatic rings. The minimum Gasteiger partial charge on any atom is -0.379 e. The van der Waals surface area contributed by atoms with Crippen molar-refractivity contribution in [3.63, 3.8) is 0 Å². The van der Waals surface area contributed by atoms with E-state index in [-0.39, 0.29) is 11.8 Å². The highest BCUT2D eigenvalue weighted by Gasteiger charge is 2.28. The number of rotatable bonds is 3. The number of piperidine rings is 1. The average Bonchev–Trinajstić information content (AvgIpc) is 2.63. The second-order valence-electron chi connectivity index (χ2n) is 6.46. The Hall–Kier alpha value is -1.92. The zero-order chi connectivity index (χ0) is 16.9. The first-order valence-corrected chi connectivity index (χ1v) is 8.62. The van der Waals surface area contributed by atoms with Gasteiger partial charge in [-0.15, -0.1) is 0 Å². The first kappa shape index (κ1) is 16.9. The molecule has 2 saturated heterocycles. The van der Waals surface area contributed by atoms with Gasteiger partial charge in [-0.25, -0.2) is 4.79 Å². The Kier molecular flexibility index (Phi) is 5.48. The van der Waals surface area contributed by atoms with E-state index in [1.807, 2.05) is 11.0 Å². The SMILES string of the molecule is CC(=O)c1cccc(NC(=O)N2CCC[C@@H](N3CCOCC3)C2)c1. The molecule has 2 aliphatic heterocycles. The summed E-state index contributed by atoms with van der Waals surface area (Å²) in [5.41, 5.74) is 1.28. The summed E-state index contributed by atoms with van der Waals surface area (Å²) in [7, 11) is 0. The molecule has 2 fully saturated rings. The molecule has 0 radical (unpaired) electrons. The van der Waals surface area contributed by atoms with Crippen molar-refractivity contribution in [2.45, 2.75) is 25.8 Å². The van der Waals surface area contributed by atoms with Gasteiger partial charge in [0.2, 0.25) is 0 Å². The quantitative estimate of drug-likeness (QED) is 0.863. The van der Waals surface area contributed by atoms with E-state index >= 15 is 0 Å². The van der Waals surface area contributed by atoms with Crippen LogP contribution in [0.5, 0.6) is 0 Å². The van der Waals surface area contributed by atoms with Gasteiger partial charge in [0.15, 0.2) is 5.78 Å². The molecule has 3 rings (SSSR count). The predicted octanol–water partition coefficient (Wildman–Crippen LogP) is 2.22. The summed E-state index contributed by atoms with van der Waals surface area (Å²) in [5, 5.41) is 2.92. The zero-order valence-corrected chi connectivity index (χ0v) is 14.2. The molecule has 130 valence electrons. The second-order valence-corrected chi connectivity index (χ2v) is 6.46. The zero-order valence-electron chi connectivity index (χ0n) is 14.2. The number of hydrogen-bond donors (Lipinski definition) is 1. The number of urea groups is 1. The average molecular weight is 331 g/mol. The van der Waals surface area contributed by atoms with Gasteiger partial charge < -0.3 is 15.0 Å². The number of carbonyl (C=O) groups is 2. The number of amides is 2. The highest BCUT2D eigenvalue weighted by molar-refractivity contribution is 5.96. The predicted molar refractivity (Wildman–Crippen MR) is 92.5 cm³/mol. The summed E-state index contributed by atoms with van der Waals surface area (Å²) in [6.45, 7) is 6.50. The van der Waals surface area contributed by atoms with E-state index in [1.165, 1.54) is 6.92 Å². The standard InChI is InChI=1S/C18H25N3O3/c1-14(22)15-4-2-5-16(12-15)19-18(23)21-7-3-6-17(13-21)20-8-10-24-11-9-20/h2,4-5,12,17H,3,6-11,13H2,1H3,(H,19,23)/t17-/m1/s1. The Labute approximate surface area is 142 Å². The van der Waals surface area contributed by atoms with Crippen LogP contribution in [-0.4, -0.2) is 67.0 Å². The molecule has 0 unspecified atom stereocenters. The van der Waals surface area contributed by atoms with E-state index in [0.29, 0.717) is 17.3 Å². The van der Waals surface area contributed by atoms with Crippen LogP contribution in [0.2, 0.25) is 0 Å². The van der Waals surface area contributed by atoms with Gasteiger partial charge in [-0.3, -0.25) is 9.69 Å². The van der Waals surface area contributed by atoms with Crippen molar-refractivity contribution in [3.8, 4) is 0 Å². The highest BCUT2D eigenvalue weighted by Crippen LogP contribution is 2.19. The van der Waals surface area contributed by atoms with E-state index in [1.54, 1.807) is 18.2 Å². The van der Waals surface area contributed by atoms with Gasteiger partial charge in [0, 0.05) is 43.5 Å². The number of benzene rings is 1. The van der Waals surface area contributed by atoms with Crippen molar-refractivity contribution in [2.75, 3.05) is 44.7 Å². The van der Waals surface area contributed by atoms with Crippen LogP contribution in [0.15, 0.2) is 24.3 Å². The van der Waals surface area contributed by atoms with E-state index in [4.69, 9.17) is 4.74 Å². The molecule has 2 aliphatic rings. The van der Waals surface area contributed by atoms with E-state index in [9.17, 15) is 9.59 Å². The van der Waals surface area contributed by atoms with Crippen molar-refractivity contribution in [1.29, 1.82) is 0 Å². The molecule has 24 heavy (non-hydrogen) atoms. The summed E-state index contributed by atoms with van der Waals surface area (Å²) in [6, 6.07) is 7.41. The number of likely N-dealkylation sites (tertiary alicyclic amines) is 1. The van der Waals surface area contributed by atoms with Crippen molar-refractivity contribution >= 4 is 17.5 Å². The molecule has 6 heteroatoms. The summed E-state index contributed by atoms with van der Waals surface area (Å²) >= 11 is 0. The molecule has 2 heterocycles. The molecule has 1 N–H and O–H groups in total. The minimum absolute atomic E-state index is 0.00328. The van der Waals surface area contributed by atoms with Crippen LogP contribution in [0.1, 0.15) is 30.1 Å². The molecular weight excluding hydrogens is 306 g/mol. The minimum atomic E-state index is -0.0892. The maximum absolute atomic E-state index is 12.6. The van der Waals surface area contributed by atoms with Gasteiger partial charge in [-0.05, 0) is 31.9 Å². The van der Waals surface area contributed by atoms with Crippen LogP contribution in [0.3, 0.4) is 0 Å². The molecule has 0 aliphatic carbocycles. The first-order chi connectivity index (χ1) is 11.6. The fourth-order valence-corrected chi connectivity index (χ4v) is 3.40. The number of Topliss-reactive ketones (excluding diaryl/α,β-unsaturated/α-hetero) is 1. The number of ether oxygens (including phenoxy) is 1. The number of nitrogens with zero attached hydrogens (tertiary/aromatic N) is 2. The van der Waals surface area contributed by atoms with Gasteiger partial charge in [0.25, 0.3) is 0 Å². The molecule has 1 atom stereocenters. The summed E-state index contributed by atoms with van der Waals surface area (Å²) in [5.74, 6) is -0.00328. The van der Waals surface area contributed by atoms with Gasteiger partial charge in [-0.1, -0.05) is 12.1 Å². The smallest absolute Gasteiger partial charge is 0.321 e. The van der Waals surface area contributed by atoms with Crippen molar-refractivity contribution < 1.29 is 14.3 Å². The number of hydrogen-bond acceptors (Lipinski definition) is 4. The van der Waals surface area contributed by atoms with Crippen molar-refractivity contribution in [1.82, 2.24) is 9.80 Å². The lowest BCUT2D eigenvalue weighted by molar-refractivity contribution is 0.00248. The third kappa shape index (κ3) is 4.13. The molecule has 2 amide bonds. The number of nitrogens with one attached hydrogen (secondary N) is 1. The van der Waals surface area contributed by atoms with Gasteiger partial charge >= 0.3 is 6.03 Å². The number of morpholine rings is 1. The normalized spacial score (nSPS) is 22.2. The number of ketones is 1. The molecule has 0 aromatic heterocycles. The van der Waals surface area contributed by atoms with Crippen LogP contribution in [0.4, 0.5) is 10.5 Å². The van der Waals surface area contributed by atoms with Crippen molar-refractivity contribution in [2.24, 2.45) is 0 Å². The van der Waals surface area contributed by atoms with Crippen molar-refractivity contribution in [3.05, 3.63) is 29.8 Å². The molecule has 0 spiro atoms. The Bertz CT molecular complexity index is 599. The van der Waals surface area contributed by atoms with Gasteiger partial charge in [0.05, 0.1) is 13.2 Å². The largest absolute Gasteiger partial charge is 0.379 e. The van der Waals surface area contributed by atoms with Crippen LogP contribution >= 0.6 is 0 Å². The van der Waals surface area contributed by atoms with E-state index < -0.39 is 0 Å². The topological polar surface area (TPSA) is 61.9 Å². The van der Waals surface area contributed by atoms with E-state index in [2.05, 4.69) is 10.2 Å². The van der Waals surface area contributed by atoms with E-state index in [0.717, 1.165) is 52.2 Å². The molecule has 1 aromatic carbocycles. The second kappa shape index (κ2) is 7.77. The lowest BCUT2D eigenvalue weighted by Crippen LogP contribution is -2.53. The fourth-order valence-electron chi connectivity index (χ4n) is 3.40. The van der Waals surface area contributed by atoms with Gasteiger partial charge in [-0.2, -0.15) is 0 Å². The third-order valence-corrected chi connectivity index (χ3v) is 4.77. The summed E-state index contributed by atoms with van der Waals surface area (Å²) in [4.78, 5) is 28.3. The Balaban J connectivity index is 1.60. The highest BCUT2D eigenvalue weighted by atomic mass is 16.5. The monoisotopic (exact) mass is 331 g/mol. The molecule has 6 nitrogen and oxygen atoms in total. The van der Waals surface area contributed by atoms with Crippen LogP contribution in [0, 0.1) is 0 Å². The number of carbonyl (C=O) groups excluding carboxylic acids is 2. The Morgan fingerprint density at radius 2 is 2.00 bits per heavy atom. The van der Waals surface area contributed by atoms with Crippen LogP contribution in [0.25, 0.3) is 0 Å². The summed E-state index contributed by atoms with van der Waals surface area (Å²) < 4.78 is 5.41. The number of anilines is 1. The third-order valence-electron chi connectivity index (χ3n) is 4.77. The summed E-state index contributed by atoms with van der Waals surface area (Å²) in [6.07, 6.45) is 2.15. The lowest BCUT2D eigenvalue weighted by atomic mass is 10.0. The maximum atomic E-state index is 12.6.